The van der Waals surface area contributed by atoms with Crippen molar-refractivity contribution in [3.05, 3.63) is 117 Å². The molecule has 2 heterocycles. The molecule has 0 fully saturated rings. The maximum atomic E-state index is 13.8. The molecule has 3 N–H and O–H groups in total. The molecule has 40 heavy (non-hydrogen) atoms. The Bertz CT molecular complexity index is 1670. The molecule has 0 spiro atoms. The minimum absolute atomic E-state index is 0.183. The number of allylic oxidation sites excluding steroid dienone is 1. The number of hydrogen-bond acceptors (Lipinski definition) is 7. The predicted molar refractivity (Wildman–Crippen MR) is 151 cm³/mol. The predicted octanol–water partition coefficient (Wildman–Crippen LogP) is 5.29. The number of nitrogens with zero attached hydrogens (tertiary/aromatic N) is 3. The first-order chi connectivity index (χ1) is 19.3. The Morgan fingerprint density at radius 2 is 1.75 bits per heavy atom. The highest BCUT2D eigenvalue weighted by Gasteiger charge is 2.38. The number of fused-ring (bicyclic) bond motifs is 1. The number of nitrogens with one attached hydrogen (secondary N) is 3. The summed E-state index contributed by atoms with van der Waals surface area (Å²) in [5.41, 5.74) is 2.91. The Labute approximate surface area is 229 Å². The van der Waals surface area contributed by atoms with Gasteiger partial charge in [0.25, 0.3) is 17.5 Å². The van der Waals surface area contributed by atoms with Gasteiger partial charge in [0, 0.05) is 17.5 Å². The first-order valence-electron chi connectivity index (χ1n) is 12.4. The molecule has 1 aliphatic rings. The van der Waals surface area contributed by atoms with Crippen LogP contribution in [0.1, 0.15) is 34.5 Å². The average Bonchev–Trinajstić information content (AvgIpc) is 3.36. The zero-order valence-electron chi connectivity index (χ0n) is 22.0. The molecule has 1 aliphatic heterocycles. The van der Waals surface area contributed by atoms with Gasteiger partial charge in [0.1, 0.15) is 23.2 Å². The summed E-state index contributed by atoms with van der Waals surface area (Å²) in [7, 11) is 1.49. The van der Waals surface area contributed by atoms with Crippen molar-refractivity contribution in [3.8, 4) is 5.75 Å². The number of benzene rings is 3. The molecule has 0 bridgehead atoms. The molecule has 0 aliphatic carbocycles. The van der Waals surface area contributed by atoms with Crippen molar-refractivity contribution in [1.29, 1.82) is 0 Å². The highest BCUT2D eigenvalue weighted by atomic mass is 16.6. The van der Waals surface area contributed by atoms with E-state index in [0.29, 0.717) is 28.6 Å². The number of para-hydroxylation sites is 3. The van der Waals surface area contributed by atoms with Crippen molar-refractivity contribution in [2.75, 3.05) is 23.1 Å². The minimum Gasteiger partial charge on any atom is -0.495 e. The number of hydrogen-bond donors (Lipinski definition) is 3. The molecule has 2 amide bonds. The molecule has 0 saturated heterocycles. The normalized spacial score (nSPS) is 14.1. The van der Waals surface area contributed by atoms with Crippen LogP contribution in [0.4, 0.5) is 22.9 Å². The Morgan fingerprint density at radius 3 is 2.50 bits per heavy atom. The van der Waals surface area contributed by atoms with Crippen LogP contribution < -0.4 is 20.7 Å². The van der Waals surface area contributed by atoms with Gasteiger partial charge in [-0.25, -0.2) is 4.68 Å². The Kier molecular flexibility index (Phi) is 7.02. The second-order valence-corrected chi connectivity index (χ2v) is 9.21. The molecule has 11 heteroatoms. The monoisotopic (exact) mass is 538 g/mol. The number of amides is 2. The van der Waals surface area contributed by atoms with Crippen LogP contribution in [-0.4, -0.2) is 33.6 Å². The summed E-state index contributed by atoms with van der Waals surface area (Å²) in [6.07, 6.45) is 1.38. The first kappa shape index (κ1) is 26.2. The molecule has 3 aromatic carbocycles. The van der Waals surface area contributed by atoms with Crippen LogP contribution in [0.15, 0.2) is 90.3 Å². The third-order valence-electron chi connectivity index (χ3n) is 6.57. The number of anilines is 3. The zero-order valence-corrected chi connectivity index (χ0v) is 22.0. The van der Waals surface area contributed by atoms with E-state index in [1.165, 1.54) is 24.1 Å². The van der Waals surface area contributed by atoms with Crippen LogP contribution in [0.3, 0.4) is 0 Å². The molecular weight excluding hydrogens is 512 g/mol. The van der Waals surface area contributed by atoms with Gasteiger partial charge >= 0.3 is 0 Å². The van der Waals surface area contributed by atoms with E-state index in [0.717, 1.165) is 5.56 Å². The van der Waals surface area contributed by atoms with Gasteiger partial charge in [-0.3, -0.25) is 19.7 Å². The third kappa shape index (κ3) is 4.87. The maximum Gasteiger partial charge on any atom is 0.275 e. The van der Waals surface area contributed by atoms with Gasteiger partial charge in [-0.15, -0.1) is 0 Å². The summed E-state index contributed by atoms with van der Waals surface area (Å²) in [5, 5.41) is 25.3. The van der Waals surface area contributed by atoms with Crippen LogP contribution in [0.5, 0.6) is 5.75 Å². The smallest absolute Gasteiger partial charge is 0.275 e. The van der Waals surface area contributed by atoms with E-state index in [1.807, 2.05) is 25.1 Å². The largest absolute Gasteiger partial charge is 0.495 e. The van der Waals surface area contributed by atoms with Gasteiger partial charge in [0.2, 0.25) is 0 Å². The van der Waals surface area contributed by atoms with Crippen LogP contribution in [-0.2, 0) is 4.79 Å². The fraction of sp³-hybridized carbons (Fsp3) is 0.138. The Morgan fingerprint density at radius 1 is 1.00 bits per heavy atom. The van der Waals surface area contributed by atoms with E-state index in [1.54, 1.807) is 55.5 Å². The number of rotatable bonds is 7. The molecular formula is C29H26N6O5. The van der Waals surface area contributed by atoms with Crippen LogP contribution in [0.2, 0.25) is 0 Å². The van der Waals surface area contributed by atoms with Gasteiger partial charge in [0.05, 0.1) is 35.1 Å². The lowest BCUT2D eigenvalue weighted by molar-refractivity contribution is -0.385. The number of carbonyl (C=O) groups is 2. The number of aromatic nitrogens is 2. The van der Waals surface area contributed by atoms with Gasteiger partial charge in [-0.05, 0) is 49.7 Å². The summed E-state index contributed by atoms with van der Waals surface area (Å²) >= 11 is 0. The summed E-state index contributed by atoms with van der Waals surface area (Å²) in [5.74, 6) is -0.172. The standard InChI is InChI=1S/C29H26N6O5/c1-17-9-8-10-19(15-17)32-28(36)21-16-30-34-26(20-11-4-6-13-23(20)35(38)39)25(18(2)31-27(21)34)29(37)33-22-12-5-7-14-24(22)40-3/h4-16,26,31H,1-3H3,(H,32,36)(H,33,37)/t26-/m0/s1. The van der Waals surface area contributed by atoms with Crippen molar-refractivity contribution in [2.45, 2.75) is 19.9 Å². The van der Waals surface area contributed by atoms with E-state index in [9.17, 15) is 19.7 Å². The number of nitro groups is 1. The van der Waals surface area contributed by atoms with E-state index >= 15 is 0 Å². The molecule has 0 radical (unpaired) electrons. The van der Waals surface area contributed by atoms with Gasteiger partial charge in [0.15, 0.2) is 0 Å². The number of carbonyl (C=O) groups excluding carboxylic acids is 2. The molecule has 202 valence electrons. The minimum atomic E-state index is -1.01. The molecule has 11 nitrogen and oxygen atoms in total. The summed E-state index contributed by atoms with van der Waals surface area (Å²) in [6, 6.07) is 19.4. The van der Waals surface area contributed by atoms with Crippen LogP contribution >= 0.6 is 0 Å². The van der Waals surface area contributed by atoms with Crippen molar-refractivity contribution >= 4 is 34.7 Å². The van der Waals surface area contributed by atoms with Crippen molar-refractivity contribution in [1.82, 2.24) is 9.78 Å². The number of methoxy groups -OCH3 is 1. The van der Waals surface area contributed by atoms with E-state index < -0.39 is 22.8 Å². The molecule has 4 aromatic rings. The van der Waals surface area contributed by atoms with Crippen LogP contribution in [0, 0.1) is 17.0 Å². The number of aryl methyl sites for hydroxylation is 1. The molecule has 0 unspecified atom stereocenters. The van der Waals surface area contributed by atoms with Crippen molar-refractivity contribution in [2.24, 2.45) is 0 Å². The third-order valence-corrected chi connectivity index (χ3v) is 6.57. The maximum absolute atomic E-state index is 13.8. The molecule has 1 aromatic heterocycles. The first-order valence-corrected chi connectivity index (χ1v) is 12.4. The topological polar surface area (TPSA) is 140 Å². The SMILES string of the molecule is COc1ccccc1NC(=O)C1=C(C)Nc2c(C(=O)Nc3cccc(C)c3)cnn2[C@H]1c1ccccc1[N+](=O)[O-]. The second-order valence-electron chi connectivity index (χ2n) is 9.21. The van der Waals surface area contributed by atoms with Gasteiger partial charge in [-0.2, -0.15) is 5.10 Å². The van der Waals surface area contributed by atoms with E-state index in [4.69, 9.17) is 4.74 Å². The molecule has 1 atom stereocenters. The van der Waals surface area contributed by atoms with E-state index in [-0.39, 0.29) is 22.4 Å². The lowest BCUT2D eigenvalue weighted by Crippen LogP contribution is -2.32. The lowest BCUT2D eigenvalue weighted by Gasteiger charge is -2.30. The fourth-order valence-electron chi connectivity index (χ4n) is 4.75. The Hall–Kier alpha value is -5.45. The lowest BCUT2D eigenvalue weighted by atomic mass is 9.93. The molecule has 0 saturated carbocycles. The highest BCUT2D eigenvalue weighted by molar-refractivity contribution is 6.10. The van der Waals surface area contributed by atoms with Gasteiger partial charge < -0.3 is 20.7 Å². The number of nitro benzene ring substituents is 1. The average molecular weight is 539 g/mol. The quantitative estimate of drug-likeness (QED) is 0.215. The second kappa shape index (κ2) is 10.7. The summed E-state index contributed by atoms with van der Waals surface area (Å²) in [4.78, 5) is 38.6. The zero-order chi connectivity index (χ0) is 28.4. The van der Waals surface area contributed by atoms with Crippen molar-refractivity contribution in [3.63, 3.8) is 0 Å². The van der Waals surface area contributed by atoms with E-state index in [2.05, 4.69) is 21.0 Å². The Balaban J connectivity index is 1.60. The van der Waals surface area contributed by atoms with Gasteiger partial charge in [-0.1, -0.05) is 36.4 Å². The van der Waals surface area contributed by atoms with Crippen LogP contribution in [0.25, 0.3) is 0 Å². The molecule has 5 rings (SSSR count). The van der Waals surface area contributed by atoms with Crippen molar-refractivity contribution < 1.29 is 19.2 Å². The summed E-state index contributed by atoms with van der Waals surface area (Å²) < 4.78 is 6.80. The fourth-order valence-corrected chi connectivity index (χ4v) is 4.75. The summed E-state index contributed by atoms with van der Waals surface area (Å²) in [6.45, 7) is 3.60. The highest BCUT2D eigenvalue weighted by Crippen LogP contribution is 2.41. The number of ether oxygens (including phenoxy) is 1.